The number of nitrogens with zero attached hydrogens (tertiary/aromatic N) is 1. The highest BCUT2D eigenvalue weighted by Gasteiger charge is 2.13. The summed E-state index contributed by atoms with van der Waals surface area (Å²) in [6.07, 6.45) is 0. The minimum absolute atomic E-state index is 0.113. The van der Waals surface area contributed by atoms with Crippen LogP contribution < -0.4 is 14.8 Å². The van der Waals surface area contributed by atoms with Gasteiger partial charge >= 0.3 is 6.03 Å². The van der Waals surface area contributed by atoms with Crippen LogP contribution in [-0.4, -0.2) is 31.8 Å². The minimum atomic E-state index is -0.113. The summed E-state index contributed by atoms with van der Waals surface area (Å²) in [5.74, 6) is 1.49. The molecule has 5 heteroatoms. The summed E-state index contributed by atoms with van der Waals surface area (Å²) in [5, 5.41) is 2.78. The summed E-state index contributed by atoms with van der Waals surface area (Å²) in [5.41, 5.74) is 0.986. The van der Waals surface area contributed by atoms with Crippen molar-refractivity contribution in [1.29, 1.82) is 0 Å². The Morgan fingerprint density at radius 3 is 2.88 bits per heavy atom. The van der Waals surface area contributed by atoms with Gasteiger partial charge in [0.15, 0.2) is 11.5 Å². The molecule has 1 aromatic carbocycles. The monoisotopic (exact) mass is 222 g/mol. The third-order valence-electron chi connectivity index (χ3n) is 2.29. The molecule has 0 saturated carbocycles. The van der Waals surface area contributed by atoms with Gasteiger partial charge in [0.05, 0.1) is 0 Å². The van der Waals surface area contributed by atoms with Gasteiger partial charge in [0.1, 0.15) is 0 Å². The Morgan fingerprint density at radius 2 is 2.12 bits per heavy atom. The van der Waals surface area contributed by atoms with E-state index in [1.165, 1.54) is 4.90 Å². The molecule has 1 aromatic rings. The molecule has 1 heterocycles. The van der Waals surface area contributed by atoms with Crippen LogP contribution in [0.5, 0.6) is 11.5 Å². The molecule has 2 amide bonds. The van der Waals surface area contributed by atoms with Crippen LogP contribution in [0.4, 0.5) is 4.79 Å². The summed E-state index contributed by atoms with van der Waals surface area (Å²) >= 11 is 0. The van der Waals surface area contributed by atoms with Gasteiger partial charge in [-0.2, -0.15) is 0 Å². The van der Waals surface area contributed by atoms with Crippen LogP contribution in [0.25, 0.3) is 0 Å². The van der Waals surface area contributed by atoms with Crippen LogP contribution in [0.1, 0.15) is 5.56 Å². The van der Waals surface area contributed by atoms with E-state index in [0.29, 0.717) is 6.54 Å². The molecule has 0 bridgehead atoms. The van der Waals surface area contributed by atoms with Gasteiger partial charge in [0, 0.05) is 20.6 Å². The maximum Gasteiger partial charge on any atom is 0.317 e. The number of benzene rings is 1. The second-order valence-electron chi connectivity index (χ2n) is 3.74. The fourth-order valence-corrected chi connectivity index (χ4v) is 1.39. The second-order valence-corrected chi connectivity index (χ2v) is 3.74. The third-order valence-corrected chi connectivity index (χ3v) is 2.29. The number of nitrogens with one attached hydrogen (secondary N) is 1. The molecular formula is C11H14N2O3. The van der Waals surface area contributed by atoms with Gasteiger partial charge < -0.3 is 19.7 Å². The summed E-state index contributed by atoms with van der Waals surface area (Å²) in [6.45, 7) is 0.747. The van der Waals surface area contributed by atoms with E-state index in [0.717, 1.165) is 17.1 Å². The predicted molar refractivity (Wildman–Crippen MR) is 58.5 cm³/mol. The standard InChI is InChI=1S/C11H14N2O3/c1-13(2)11(14)12-6-8-3-4-9-10(5-8)16-7-15-9/h3-5H,6-7H2,1-2H3,(H,12,14). The lowest BCUT2D eigenvalue weighted by Gasteiger charge is -2.11. The molecule has 0 radical (unpaired) electrons. The SMILES string of the molecule is CN(C)C(=O)NCc1ccc2c(c1)OCO2. The zero-order valence-corrected chi connectivity index (χ0v) is 9.32. The molecule has 0 unspecified atom stereocenters. The first-order valence-corrected chi connectivity index (χ1v) is 5.00. The smallest absolute Gasteiger partial charge is 0.317 e. The van der Waals surface area contributed by atoms with Gasteiger partial charge in [-0.1, -0.05) is 6.07 Å². The van der Waals surface area contributed by atoms with E-state index in [1.807, 2.05) is 18.2 Å². The number of fused-ring (bicyclic) bond motifs is 1. The number of hydrogen-bond acceptors (Lipinski definition) is 3. The molecule has 0 aromatic heterocycles. The lowest BCUT2D eigenvalue weighted by Crippen LogP contribution is -2.33. The molecule has 1 aliphatic heterocycles. The molecule has 1 aliphatic rings. The second kappa shape index (κ2) is 4.30. The van der Waals surface area contributed by atoms with Gasteiger partial charge in [-0.25, -0.2) is 4.79 Å². The summed E-state index contributed by atoms with van der Waals surface area (Å²) in [4.78, 5) is 12.8. The van der Waals surface area contributed by atoms with E-state index in [4.69, 9.17) is 9.47 Å². The molecule has 1 N–H and O–H groups in total. The van der Waals surface area contributed by atoms with Crippen molar-refractivity contribution < 1.29 is 14.3 Å². The fourth-order valence-electron chi connectivity index (χ4n) is 1.39. The van der Waals surface area contributed by atoms with Gasteiger partial charge in [0.2, 0.25) is 6.79 Å². The van der Waals surface area contributed by atoms with E-state index in [2.05, 4.69) is 5.32 Å². The normalized spacial score (nSPS) is 12.4. The maximum atomic E-state index is 11.3. The van der Waals surface area contributed by atoms with Crippen molar-refractivity contribution >= 4 is 6.03 Å². The van der Waals surface area contributed by atoms with Crippen molar-refractivity contribution in [2.24, 2.45) is 0 Å². The van der Waals surface area contributed by atoms with Gasteiger partial charge in [-0.15, -0.1) is 0 Å². The highest BCUT2D eigenvalue weighted by molar-refractivity contribution is 5.73. The van der Waals surface area contributed by atoms with Crippen molar-refractivity contribution in [3.8, 4) is 11.5 Å². The summed E-state index contributed by atoms with van der Waals surface area (Å²) in [7, 11) is 3.41. The first-order valence-electron chi connectivity index (χ1n) is 5.00. The van der Waals surface area contributed by atoms with Crippen LogP contribution in [-0.2, 0) is 6.54 Å². The average Bonchev–Trinajstić information content (AvgIpc) is 2.72. The Kier molecular flexibility index (Phi) is 2.85. The van der Waals surface area contributed by atoms with E-state index < -0.39 is 0 Å². The van der Waals surface area contributed by atoms with Crippen LogP contribution in [0.15, 0.2) is 18.2 Å². The van der Waals surface area contributed by atoms with Crippen LogP contribution in [0, 0.1) is 0 Å². The lowest BCUT2D eigenvalue weighted by molar-refractivity contribution is 0.174. The van der Waals surface area contributed by atoms with Crippen LogP contribution in [0.3, 0.4) is 0 Å². The molecule has 2 rings (SSSR count). The number of carbonyl (C=O) groups is 1. The molecule has 0 atom stereocenters. The van der Waals surface area contributed by atoms with E-state index in [9.17, 15) is 4.79 Å². The number of hydrogen-bond donors (Lipinski definition) is 1. The van der Waals surface area contributed by atoms with E-state index >= 15 is 0 Å². The number of amides is 2. The Labute approximate surface area is 93.9 Å². The van der Waals surface area contributed by atoms with Crippen molar-refractivity contribution in [2.75, 3.05) is 20.9 Å². The van der Waals surface area contributed by atoms with Gasteiger partial charge in [-0.05, 0) is 17.7 Å². The minimum Gasteiger partial charge on any atom is -0.454 e. The molecule has 16 heavy (non-hydrogen) atoms. The fraction of sp³-hybridized carbons (Fsp3) is 0.364. The molecule has 0 spiro atoms. The molecule has 86 valence electrons. The van der Waals surface area contributed by atoms with Gasteiger partial charge in [-0.3, -0.25) is 0 Å². The molecule has 0 fully saturated rings. The van der Waals surface area contributed by atoms with E-state index in [-0.39, 0.29) is 12.8 Å². The number of urea groups is 1. The van der Waals surface area contributed by atoms with Crippen molar-refractivity contribution in [3.05, 3.63) is 23.8 Å². The first kappa shape index (κ1) is 10.6. The maximum absolute atomic E-state index is 11.3. The largest absolute Gasteiger partial charge is 0.454 e. The molecule has 0 saturated heterocycles. The molecular weight excluding hydrogens is 208 g/mol. The predicted octanol–water partition coefficient (Wildman–Crippen LogP) is 1.19. The first-order chi connectivity index (χ1) is 7.66. The third kappa shape index (κ3) is 2.18. The lowest BCUT2D eigenvalue weighted by atomic mass is 10.2. The Morgan fingerprint density at radius 1 is 1.38 bits per heavy atom. The number of ether oxygens (including phenoxy) is 2. The van der Waals surface area contributed by atoms with Crippen LogP contribution in [0.2, 0.25) is 0 Å². The topological polar surface area (TPSA) is 50.8 Å². The Hall–Kier alpha value is -1.91. The number of rotatable bonds is 2. The van der Waals surface area contributed by atoms with Crippen molar-refractivity contribution in [3.63, 3.8) is 0 Å². The van der Waals surface area contributed by atoms with Crippen molar-refractivity contribution in [2.45, 2.75) is 6.54 Å². The molecule has 0 aliphatic carbocycles. The zero-order valence-electron chi connectivity index (χ0n) is 9.32. The zero-order chi connectivity index (χ0) is 11.5. The Balaban J connectivity index is 1.98. The van der Waals surface area contributed by atoms with Gasteiger partial charge in [0.25, 0.3) is 0 Å². The molecule has 5 nitrogen and oxygen atoms in total. The summed E-state index contributed by atoms with van der Waals surface area (Å²) < 4.78 is 10.4. The Bertz CT molecular complexity index is 404. The van der Waals surface area contributed by atoms with Crippen LogP contribution >= 0.6 is 0 Å². The highest BCUT2D eigenvalue weighted by Crippen LogP contribution is 2.32. The highest BCUT2D eigenvalue weighted by atomic mass is 16.7. The number of carbonyl (C=O) groups excluding carboxylic acids is 1. The quantitative estimate of drug-likeness (QED) is 0.817. The van der Waals surface area contributed by atoms with Crippen molar-refractivity contribution in [1.82, 2.24) is 10.2 Å². The summed E-state index contributed by atoms with van der Waals surface area (Å²) in [6, 6.07) is 5.51. The van der Waals surface area contributed by atoms with E-state index in [1.54, 1.807) is 14.1 Å². The average molecular weight is 222 g/mol.